The van der Waals surface area contributed by atoms with E-state index in [9.17, 15) is 0 Å². The molecule has 0 radical (unpaired) electrons. The number of para-hydroxylation sites is 2. The van der Waals surface area contributed by atoms with E-state index in [1.54, 1.807) is 0 Å². The predicted octanol–water partition coefficient (Wildman–Crippen LogP) is 2.39. The molecule has 2 fully saturated rings. The Hall–Kier alpha value is -1.88. The highest BCUT2D eigenvalue weighted by Crippen LogP contribution is 2.31. The summed E-state index contributed by atoms with van der Waals surface area (Å²) in [5, 5.41) is 6.97. The van der Waals surface area contributed by atoms with Gasteiger partial charge in [-0.25, -0.2) is 9.97 Å². The first kappa shape index (κ1) is 13.8. The van der Waals surface area contributed by atoms with Crippen molar-refractivity contribution in [1.29, 1.82) is 0 Å². The Morgan fingerprint density at radius 1 is 1.05 bits per heavy atom. The molecule has 1 aliphatic heterocycles. The number of likely N-dealkylation sites (N-methyl/N-ethyl adjacent to an activating group) is 1. The number of nitrogens with one attached hydrogen (secondary N) is 2. The minimum absolute atomic E-state index is 0.538. The van der Waals surface area contributed by atoms with Crippen molar-refractivity contribution in [3.05, 3.63) is 24.3 Å². The van der Waals surface area contributed by atoms with Crippen LogP contribution in [0.1, 0.15) is 25.7 Å². The molecule has 1 saturated heterocycles. The number of fused-ring (bicyclic) bond motifs is 1. The lowest BCUT2D eigenvalue weighted by Crippen LogP contribution is -2.45. The first-order valence-electron chi connectivity index (χ1n) is 8.29. The van der Waals surface area contributed by atoms with E-state index in [2.05, 4.69) is 15.5 Å². The molecule has 1 atom stereocenters. The molecular formula is C17H23N5. The fourth-order valence-electron chi connectivity index (χ4n) is 3.13. The number of hydrogen-bond donors (Lipinski definition) is 2. The number of rotatable bonds is 4. The Kier molecular flexibility index (Phi) is 3.58. The Balaban J connectivity index is 1.72. The summed E-state index contributed by atoms with van der Waals surface area (Å²) < 4.78 is 0. The maximum absolute atomic E-state index is 4.92. The van der Waals surface area contributed by atoms with Crippen LogP contribution in [0.4, 0.5) is 11.6 Å². The summed E-state index contributed by atoms with van der Waals surface area (Å²) in [5.41, 5.74) is 1.95. The monoisotopic (exact) mass is 297 g/mol. The maximum Gasteiger partial charge on any atom is 0.172 e. The van der Waals surface area contributed by atoms with Crippen LogP contribution in [0, 0.1) is 0 Å². The molecule has 1 saturated carbocycles. The summed E-state index contributed by atoms with van der Waals surface area (Å²) in [7, 11) is 2.05. The van der Waals surface area contributed by atoms with Gasteiger partial charge in [0.2, 0.25) is 0 Å². The first-order valence-corrected chi connectivity index (χ1v) is 8.29. The summed E-state index contributed by atoms with van der Waals surface area (Å²) in [6.45, 7) is 2.06. The average molecular weight is 297 g/mol. The van der Waals surface area contributed by atoms with E-state index in [1.165, 1.54) is 25.7 Å². The van der Waals surface area contributed by atoms with Gasteiger partial charge in [0.05, 0.1) is 11.0 Å². The van der Waals surface area contributed by atoms with Gasteiger partial charge >= 0.3 is 0 Å². The minimum atomic E-state index is 0.538. The fourth-order valence-corrected chi connectivity index (χ4v) is 3.13. The van der Waals surface area contributed by atoms with E-state index in [-0.39, 0.29) is 0 Å². The molecule has 22 heavy (non-hydrogen) atoms. The largest absolute Gasteiger partial charge is 0.364 e. The van der Waals surface area contributed by atoms with Crippen molar-refractivity contribution in [2.75, 3.05) is 30.4 Å². The van der Waals surface area contributed by atoms with Crippen molar-refractivity contribution in [1.82, 2.24) is 15.3 Å². The third kappa shape index (κ3) is 2.73. The number of anilines is 2. The number of hydrogen-bond acceptors (Lipinski definition) is 5. The molecule has 1 aromatic heterocycles. The smallest absolute Gasteiger partial charge is 0.172 e. The number of benzene rings is 1. The van der Waals surface area contributed by atoms with Crippen molar-refractivity contribution in [3.8, 4) is 0 Å². The highest BCUT2D eigenvalue weighted by atomic mass is 15.3. The van der Waals surface area contributed by atoms with Crippen molar-refractivity contribution >= 4 is 22.7 Å². The van der Waals surface area contributed by atoms with Crippen LogP contribution >= 0.6 is 0 Å². The highest BCUT2D eigenvalue weighted by Gasteiger charge is 2.27. The van der Waals surface area contributed by atoms with E-state index in [0.29, 0.717) is 12.1 Å². The summed E-state index contributed by atoms with van der Waals surface area (Å²) in [5.74, 6) is 1.98. The molecule has 2 aromatic rings. The van der Waals surface area contributed by atoms with Crippen LogP contribution in [-0.2, 0) is 0 Å². The number of aromatic nitrogens is 2. The topological polar surface area (TPSA) is 53.1 Å². The second-order valence-electron chi connectivity index (χ2n) is 6.38. The summed E-state index contributed by atoms with van der Waals surface area (Å²) in [6, 6.07) is 9.26. The molecule has 2 aliphatic rings. The minimum Gasteiger partial charge on any atom is -0.364 e. The van der Waals surface area contributed by atoms with Gasteiger partial charge in [0.15, 0.2) is 11.6 Å². The van der Waals surface area contributed by atoms with Crippen LogP contribution in [-0.4, -0.2) is 42.2 Å². The zero-order valence-corrected chi connectivity index (χ0v) is 13.0. The quantitative estimate of drug-likeness (QED) is 0.907. The molecular weight excluding hydrogens is 274 g/mol. The van der Waals surface area contributed by atoms with Crippen LogP contribution in [0.25, 0.3) is 11.0 Å². The van der Waals surface area contributed by atoms with Gasteiger partial charge in [0.25, 0.3) is 0 Å². The summed E-state index contributed by atoms with van der Waals surface area (Å²) in [6.07, 6.45) is 4.92. The van der Waals surface area contributed by atoms with E-state index in [1.807, 2.05) is 31.3 Å². The molecule has 0 bridgehead atoms. The van der Waals surface area contributed by atoms with Crippen LogP contribution in [0.2, 0.25) is 0 Å². The lowest BCUT2D eigenvalue weighted by Gasteiger charge is -2.34. The van der Waals surface area contributed by atoms with Crippen molar-refractivity contribution in [3.63, 3.8) is 0 Å². The van der Waals surface area contributed by atoms with Crippen molar-refractivity contribution in [2.24, 2.45) is 0 Å². The summed E-state index contributed by atoms with van der Waals surface area (Å²) >= 11 is 0. The number of nitrogens with zero attached hydrogens (tertiary/aromatic N) is 3. The second-order valence-corrected chi connectivity index (χ2v) is 6.38. The van der Waals surface area contributed by atoms with Crippen molar-refractivity contribution in [2.45, 2.75) is 37.8 Å². The average Bonchev–Trinajstić information content (AvgIpc) is 3.38. The molecule has 2 heterocycles. The second kappa shape index (κ2) is 5.72. The van der Waals surface area contributed by atoms with E-state index >= 15 is 0 Å². The fraction of sp³-hybridized carbons (Fsp3) is 0.529. The predicted molar refractivity (Wildman–Crippen MR) is 90.5 cm³/mol. The molecule has 1 aliphatic carbocycles. The van der Waals surface area contributed by atoms with Crippen molar-refractivity contribution < 1.29 is 0 Å². The van der Waals surface area contributed by atoms with Gasteiger partial charge in [0.1, 0.15) is 0 Å². The Bertz CT molecular complexity index is 667. The molecule has 2 N–H and O–H groups in total. The third-order valence-corrected chi connectivity index (χ3v) is 4.60. The van der Waals surface area contributed by atoms with E-state index < -0.39 is 0 Å². The standard InChI is InChI=1S/C17H23N5/c1-18-13-5-4-10-22(11-13)17-16(19-12-8-9-12)20-14-6-2-3-7-15(14)21-17/h2-3,6-7,12-13,18H,4-5,8-11H2,1H3,(H,19,20)/t13-/m0/s1. The van der Waals surface area contributed by atoms with Gasteiger partial charge in [-0.2, -0.15) is 0 Å². The van der Waals surface area contributed by atoms with Gasteiger partial charge in [-0.1, -0.05) is 12.1 Å². The Morgan fingerprint density at radius 3 is 2.55 bits per heavy atom. The lowest BCUT2D eigenvalue weighted by atomic mass is 10.1. The van der Waals surface area contributed by atoms with Crippen LogP contribution in [0.15, 0.2) is 24.3 Å². The zero-order valence-electron chi connectivity index (χ0n) is 13.0. The normalized spacial score (nSPS) is 22.0. The third-order valence-electron chi connectivity index (χ3n) is 4.60. The van der Waals surface area contributed by atoms with Crippen LogP contribution in [0.3, 0.4) is 0 Å². The molecule has 1 aromatic carbocycles. The molecule has 0 amide bonds. The molecule has 4 rings (SSSR count). The Labute approximate surface area is 131 Å². The first-order chi connectivity index (χ1) is 10.8. The van der Waals surface area contributed by atoms with E-state index in [0.717, 1.165) is 35.8 Å². The molecule has 5 heteroatoms. The number of piperidine rings is 1. The van der Waals surface area contributed by atoms with Gasteiger partial charge in [-0.3, -0.25) is 0 Å². The summed E-state index contributed by atoms with van der Waals surface area (Å²) in [4.78, 5) is 12.2. The Morgan fingerprint density at radius 2 is 1.82 bits per heavy atom. The van der Waals surface area contributed by atoms with Crippen LogP contribution in [0.5, 0.6) is 0 Å². The van der Waals surface area contributed by atoms with E-state index in [4.69, 9.17) is 9.97 Å². The van der Waals surface area contributed by atoms with Crippen LogP contribution < -0.4 is 15.5 Å². The molecule has 116 valence electrons. The van der Waals surface area contributed by atoms with Gasteiger partial charge in [0, 0.05) is 25.2 Å². The van der Waals surface area contributed by atoms with Gasteiger partial charge in [-0.15, -0.1) is 0 Å². The SMILES string of the molecule is CN[C@H]1CCCN(c2nc3ccccc3nc2NC2CC2)C1. The molecule has 0 unspecified atom stereocenters. The zero-order chi connectivity index (χ0) is 14.9. The maximum atomic E-state index is 4.92. The molecule has 0 spiro atoms. The molecule has 5 nitrogen and oxygen atoms in total. The van der Waals surface area contributed by atoms with Gasteiger partial charge in [-0.05, 0) is 44.9 Å². The lowest BCUT2D eigenvalue weighted by molar-refractivity contribution is 0.448. The highest BCUT2D eigenvalue weighted by molar-refractivity contribution is 5.80. The van der Waals surface area contributed by atoms with Gasteiger partial charge < -0.3 is 15.5 Å².